The van der Waals surface area contributed by atoms with Gasteiger partial charge in [-0.25, -0.2) is 4.79 Å². The smallest absolute Gasteiger partial charge is 0.415 e. The Hall–Kier alpha value is -3.93. The number of amides is 3. The monoisotopic (exact) mass is 718 g/mol. The molecule has 2 aliphatic heterocycles. The van der Waals surface area contributed by atoms with Gasteiger partial charge in [0.25, 0.3) is 0 Å². The normalized spacial score (nSPS) is 28.3. The minimum Gasteiger partial charge on any atom is -0.506 e. The first kappa shape index (κ1) is 32.0. The highest BCUT2D eigenvalue weighted by Crippen LogP contribution is 3.01. The van der Waals surface area contributed by atoms with Crippen molar-refractivity contribution in [3.05, 3.63) is 46.8 Å². The quantitative estimate of drug-likeness (QED) is 0.170. The first-order valence-electron chi connectivity index (χ1n) is 17.3. The van der Waals surface area contributed by atoms with Gasteiger partial charge in [0, 0.05) is 97.5 Å². The Labute approximate surface area is 299 Å². The summed E-state index contributed by atoms with van der Waals surface area (Å²) in [7, 11) is 3.52. The van der Waals surface area contributed by atoms with Crippen LogP contribution in [0.5, 0.6) is 11.5 Å². The van der Waals surface area contributed by atoms with Crippen molar-refractivity contribution in [2.24, 2.45) is 16.2 Å². The van der Waals surface area contributed by atoms with E-state index < -0.39 is 16.9 Å². The second-order valence-electron chi connectivity index (χ2n) is 15.3. The number of fused-ring (bicyclic) bond motifs is 6. The number of phenolic OH excluding ortho intramolecular Hbond substituents is 1. The average Bonchev–Trinajstić information content (AvgIpc) is 3.49. The molecule has 0 bridgehead atoms. The fraction of sp³-hybridized carbons (Fsp3) is 0.486. The maximum atomic E-state index is 14.7. The summed E-state index contributed by atoms with van der Waals surface area (Å²) in [6.45, 7) is 5.97. The van der Waals surface area contributed by atoms with Crippen molar-refractivity contribution in [2.45, 2.75) is 44.9 Å². The maximum Gasteiger partial charge on any atom is 0.415 e. The number of alkyl halides is 2. The van der Waals surface area contributed by atoms with Gasteiger partial charge in [0.2, 0.25) is 11.8 Å². The summed E-state index contributed by atoms with van der Waals surface area (Å²) in [5.41, 5.74) is 5.22. The molecule has 0 radical (unpaired) electrons. The number of likely N-dealkylation sites (N-methyl/N-ethyl adjacent to an activating group) is 2. The molecule has 13 heteroatoms. The molecule has 0 saturated heterocycles. The molecule has 5 aliphatic rings. The van der Waals surface area contributed by atoms with Crippen LogP contribution in [0, 0.1) is 30.1 Å². The van der Waals surface area contributed by atoms with E-state index in [-0.39, 0.29) is 34.8 Å². The zero-order chi connectivity index (χ0) is 35.1. The number of nitrogens with one attached hydrogen (secondary N) is 3. The summed E-state index contributed by atoms with van der Waals surface area (Å²) < 4.78 is 5.95. The van der Waals surface area contributed by atoms with E-state index in [0.717, 1.165) is 44.4 Å². The van der Waals surface area contributed by atoms with Crippen molar-refractivity contribution in [1.29, 1.82) is 0 Å². The Kier molecular flexibility index (Phi) is 6.76. The number of H-pyrrole nitrogens is 2. The molecule has 9 rings (SSSR count). The molecule has 3 amide bonds. The van der Waals surface area contributed by atoms with Gasteiger partial charge in [0.05, 0.1) is 33.2 Å². The van der Waals surface area contributed by atoms with Crippen LogP contribution in [-0.2, 0) is 9.59 Å². The summed E-state index contributed by atoms with van der Waals surface area (Å²) in [5, 5.41) is 15.8. The van der Waals surface area contributed by atoms with Gasteiger partial charge in [-0.3, -0.25) is 9.59 Å². The summed E-state index contributed by atoms with van der Waals surface area (Å²) in [6.07, 6.45) is 5.12. The van der Waals surface area contributed by atoms with Crippen LogP contribution >= 0.6 is 23.2 Å². The number of hydrogen-bond acceptors (Lipinski definition) is 6. The number of hydrogen-bond donors (Lipinski definition) is 4. The van der Waals surface area contributed by atoms with Gasteiger partial charge in [-0.1, -0.05) is 0 Å². The third kappa shape index (κ3) is 3.83. The molecule has 11 nitrogen and oxygen atoms in total. The third-order valence-electron chi connectivity index (χ3n) is 12.8. The molecular weight excluding hydrogens is 679 g/mol. The van der Waals surface area contributed by atoms with Crippen molar-refractivity contribution >= 4 is 74.3 Å². The molecule has 4 N–H and O–H groups in total. The summed E-state index contributed by atoms with van der Waals surface area (Å²) >= 11 is 13.1. The largest absolute Gasteiger partial charge is 0.506 e. The van der Waals surface area contributed by atoms with Crippen LogP contribution < -0.4 is 19.9 Å². The van der Waals surface area contributed by atoms with Gasteiger partial charge < -0.3 is 39.8 Å². The number of aromatic amines is 2. The minimum atomic E-state index is -0.606. The zero-order valence-electron chi connectivity index (χ0n) is 28.5. The van der Waals surface area contributed by atoms with Crippen LogP contribution in [0.3, 0.4) is 0 Å². The standard InChI is InChI=1S/C37H40Cl2N6O5/c1-18-11-41-30-24(46)7-22-28(26(18)30)20(9-38)13-44(22)32(47)35-15-36(17-37(35,36)16-35)33(48)45-14-21(10-39)29-23(45)8-25(31-27(29)19(2)12-42-31)50-34(49)43(4)6-5-40-3/h7-8,11-12,20-21,40-42,46H,5-6,9-10,13-17H2,1-4H3/t20-,21-,35?,36?,37?/m1/s1. The van der Waals surface area contributed by atoms with Crippen LogP contribution in [0.4, 0.5) is 16.2 Å². The van der Waals surface area contributed by atoms with Crippen LogP contribution in [0.1, 0.15) is 53.4 Å². The summed E-state index contributed by atoms with van der Waals surface area (Å²) in [5.74, 6) is 1.06. The molecule has 1 spiro atoms. The van der Waals surface area contributed by atoms with Gasteiger partial charge in [0.1, 0.15) is 5.75 Å². The van der Waals surface area contributed by atoms with E-state index in [2.05, 4.69) is 15.3 Å². The van der Waals surface area contributed by atoms with Crippen molar-refractivity contribution in [3.8, 4) is 11.5 Å². The second-order valence-corrected chi connectivity index (χ2v) is 15.9. The van der Waals surface area contributed by atoms with Crippen molar-refractivity contribution in [3.63, 3.8) is 0 Å². The zero-order valence-corrected chi connectivity index (χ0v) is 30.0. The Bertz CT molecular complexity index is 2180. The number of aryl methyl sites for hydroxylation is 2. The lowest BCUT2D eigenvalue weighted by Crippen LogP contribution is -2.49. The van der Waals surface area contributed by atoms with Gasteiger partial charge >= 0.3 is 6.09 Å². The topological polar surface area (TPSA) is 134 Å². The number of carbonyl (C=O) groups excluding carboxylic acids is 3. The maximum absolute atomic E-state index is 14.7. The molecular formula is C37H40Cl2N6O5. The Morgan fingerprint density at radius 1 is 0.920 bits per heavy atom. The van der Waals surface area contributed by atoms with Crippen LogP contribution in [0.25, 0.3) is 21.8 Å². The predicted molar refractivity (Wildman–Crippen MR) is 193 cm³/mol. The highest BCUT2D eigenvalue weighted by molar-refractivity contribution is 6.20. The molecule has 262 valence electrons. The number of nitrogens with zero attached hydrogens (tertiary/aromatic N) is 3. The van der Waals surface area contributed by atoms with Crippen LogP contribution in [0.15, 0.2) is 24.5 Å². The average molecular weight is 720 g/mol. The Morgan fingerprint density at radius 3 is 2.00 bits per heavy atom. The lowest BCUT2D eigenvalue weighted by Gasteiger charge is -2.37. The van der Waals surface area contributed by atoms with E-state index in [1.807, 2.05) is 43.1 Å². The van der Waals surface area contributed by atoms with Gasteiger partial charge in [-0.15, -0.1) is 23.2 Å². The van der Waals surface area contributed by atoms with Gasteiger partial charge in [-0.05, 0) is 62.4 Å². The molecule has 3 unspecified atom stereocenters. The number of anilines is 2. The molecule has 50 heavy (non-hydrogen) atoms. The van der Waals surface area contributed by atoms with Crippen LogP contribution in [0.2, 0.25) is 0 Å². The molecule has 3 aliphatic carbocycles. The lowest BCUT2D eigenvalue weighted by molar-refractivity contribution is -0.134. The molecule has 4 heterocycles. The van der Waals surface area contributed by atoms with Crippen molar-refractivity contribution < 1.29 is 24.2 Å². The molecule has 5 atom stereocenters. The summed E-state index contributed by atoms with van der Waals surface area (Å²) in [6, 6.07) is 3.50. The summed E-state index contributed by atoms with van der Waals surface area (Å²) in [4.78, 5) is 54.0. The fourth-order valence-corrected chi connectivity index (χ4v) is 10.7. The van der Waals surface area contributed by atoms with E-state index in [4.69, 9.17) is 27.9 Å². The number of rotatable bonds is 8. The number of ether oxygens (including phenoxy) is 1. The van der Waals surface area contributed by atoms with E-state index >= 15 is 0 Å². The number of aromatic hydroxyl groups is 1. The number of halogens is 2. The minimum absolute atomic E-state index is 0.0194. The fourth-order valence-electron chi connectivity index (χ4n) is 10.2. The first-order chi connectivity index (χ1) is 24.0. The van der Waals surface area contributed by atoms with Gasteiger partial charge in [0.15, 0.2) is 5.75 Å². The third-order valence-corrected chi connectivity index (χ3v) is 13.5. The Balaban J connectivity index is 1.02. The molecule has 2 aromatic heterocycles. The highest BCUT2D eigenvalue weighted by Gasteiger charge is 3.01. The van der Waals surface area contributed by atoms with Crippen molar-refractivity contribution in [2.75, 3.05) is 61.8 Å². The van der Waals surface area contributed by atoms with E-state index in [0.29, 0.717) is 74.0 Å². The van der Waals surface area contributed by atoms with Crippen LogP contribution in [-0.4, -0.2) is 89.9 Å². The number of phenols is 1. The highest BCUT2D eigenvalue weighted by atomic mass is 35.5. The molecule has 3 fully saturated rings. The number of carbonyl (C=O) groups is 3. The second kappa shape index (κ2) is 10.6. The SMILES string of the molecule is CNCCN(C)C(=O)Oc1cc2c(c3c(C)c[nH]c13)[C@H](CCl)CN2C(=O)C12CC3(C(=O)N4C[C@@H](CCl)c5c4cc(O)c4[nH]cc(C)c54)CC31C2. The van der Waals surface area contributed by atoms with E-state index in [1.165, 1.54) is 4.90 Å². The number of benzene rings is 2. The predicted octanol–water partition coefficient (Wildman–Crippen LogP) is 5.83. The molecule has 4 aromatic rings. The molecule has 3 saturated carbocycles. The Morgan fingerprint density at radius 2 is 1.46 bits per heavy atom. The lowest BCUT2D eigenvalue weighted by atomic mass is 9.72. The van der Waals surface area contributed by atoms with Gasteiger partial charge in [-0.2, -0.15) is 0 Å². The molecule has 2 aromatic carbocycles. The first-order valence-corrected chi connectivity index (χ1v) is 18.4. The van der Waals surface area contributed by atoms with E-state index in [1.54, 1.807) is 19.2 Å². The van der Waals surface area contributed by atoms with E-state index in [9.17, 15) is 19.5 Å². The number of aromatic nitrogens is 2. The van der Waals surface area contributed by atoms with Crippen molar-refractivity contribution in [1.82, 2.24) is 20.2 Å².